The molecule has 1 atom stereocenters. The summed E-state index contributed by atoms with van der Waals surface area (Å²) in [4.78, 5) is 25.0. The summed E-state index contributed by atoms with van der Waals surface area (Å²) >= 11 is 0. The number of likely N-dealkylation sites (tertiary alicyclic amines) is 1. The third-order valence-electron chi connectivity index (χ3n) is 2.89. The van der Waals surface area contributed by atoms with Crippen molar-refractivity contribution in [3.8, 4) is 0 Å². The second-order valence-corrected chi connectivity index (χ2v) is 4.75. The number of nitrogens with zero attached hydrogens (tertiary/aromatic N) is 1. The lowest BCUT2D eigenvalue weighted by Gasteiger charge is -2.30. The van der Waals surface area contributed by atoms with Gasteiger partial charge in [-0.3, -0.25) is 9.59 Å². The van der Waals surface area contributed by atoms with Crippen LogP contribution in [0.1, 0.15) is 26.7 Å². The smallest absolute Gasteiger partial charge is 0.310 e. The first-order valence-electron chi connectivity index (χ1n) is 6.09. The minimum Gasteiger partial charge on any atom is -0.469 e. The number of piperidine rings is 1. The predicted molar refractivity (Wildman–Crippen MR) is 65.3 cm³/mol. The Labute approximate surface area is 103 Å². The molecular weight excluding hydrogens is 218 g/mol. The molecule has 1 aliphatic heterocycles. The highest BCUT2D eigenvalue weighted by Crippen LogP contribution is 2.18. The average molecular weight is 239 g/mol. The van der Waals surface area contributed by atoms with Gasteiger partial charge in [0.1, 0.15) is 0 Å². The first-order chi connectivity index (χ1) is 8.04. The Kier molecular flexibility index (Phi) is 5.19. The van der Waals surface area contributed by atoms with Crippen molar-refractivity contribution in [1.29, 1.82) is 0 Å². The van der Waals surface area contributed by atoms with Gasteiger partial charge >= 0.3 is 5.97 Å². The summed E-state index contributed by atoms with van der Waals surface area (Å²) in [6, 6.07) is 0. The number of hydrogen-bond acceptors (Lipinski definition) is 3. The summed E-state index contributed by atoms with van der Waals surface area (Å²) in [6.45, 7) is 5.26. The highest BCUT2D eigenvalue weighted by molar-refractivity contribution is 5.88. The zero-order chi connectivity index (χ0) is 12.8. The lowest BCUT2D eigenvalue weighted by Crippen LogP contribution is -2.42. The minimum absolute atomic E-state index is 0.00713. The van der Waals surface area contributed by atoms with E-state index in [0.29, 0.717) is 12.5 Å². The number of amides is 1. The number of allylic oxidation sites excluding steroid dienone is 1. The van der Waals surface area contributed by atoms with Crippen LogP contribution in [0.5, 0.6) is 0 Å². The maximum atomic E-state index is 11.8. The van der Waals surface area contributed by atoms with Crippen LogP contribution in [0.2, 0.25) is 0 Å². The van der Waals surface area contributed by atoms with E-state index in [-0.39, 0.29) is 17.8 Å². The quantitative estimate of drug-likeness (QED) is 0.555. The number of carbonyl (C=O) groups is 2. The molecule has 96 valence electrons. The lowest BCUT2D eigenvalue weighted by atomic mass is 9.98. The monoisotopic (exact) mass is 239 g/mol. The largest absolute Gasteiger partial charge is 0.469 e. The van der Waals surface area contributed by atoms with E-state index in [2.05, 4.69) is 0 Å². The van der Waals surface area contributed by atoms with Crippen molar-refractivity contribution in [2.45, 2.75) is 26.7 Å². The van der Waals surface area contributed by atoms with Crippen molar-refractivity contribution < 1.29 is 14.3 Å². The minimum atomic E-state index is -0.213. The number of hydrogen-bond donors (Lipinski definition) is 0. The Morgan fingerprint density at radius 1 is 1.41 bits per heavy atom. The van der Waals surface area contributed by atoms with Gasteiger partial charge in [-0.05, 0) is 24.8 Å². The van der Waals surface area contributed by atoms with Gasteiger partial charge in [0.15, 0.2) is 0 Å². The van der Waals surface area contributed by atoms with Gasteiger partial charge in [0.25, 0.3) is 0 Å². The first kappa shape index (κ1) is 13.7. The molecule has 4 heteroatoms. The third kappa shape index (κ3) is 4.21. The zero-order valence-corrected chi connectivity index (χ0v) is 10.8. The van der Waals surface area contributed by atoms with E-state index in [1.165, 1.54) is 7.11 Å². The maximum absolute atomic E-state index is 11.8. The second kappa shape index (κ2) is 6.42. The number of rotatable bonds is 3. The number of ether oxygens (including phenoxy) is 1. The van der Waals surface area contributed by atoms with Crippen molar-refractivity contribution in [2.75, 3.05) is 20.2 Å². The van der Waals surface area contributed by atoms with Crippen LogP contribution >= 0.6 is 0 Å². The van der Waals surface area contributed by atoms with E-state index in [0.717, 1.165) is 19.4 Å². The van der Waals surface area contributed by atoms with Gasteiger partial charge in [0.2, 0.25) is 5.91 Å². The van der Waals surface area contributed by atoms with E-state index in [1.54, 1.807) is 11.0 Å². The van der Waals surface area contributed by atoms with Crippen molar-refractivity contribution in [3.63, 3.8) is 0 Å². The van der Waals surface area contributed by atoms with Crippen LogP contribution in [0.4, 0.5) is 0 Å². The first-order valence-corrected chi connectivity index (χ1v) is 6.09. The summed E-state index contributed by atoms with van der Waals surface area (Å²) < 4.78 is 4.72. The molecule has 1 heterocycles. The van der Waals surface area contributed by atoms with Crippen LogP contribution in [0.15, 0.2) is 12.2 Å². The summed E-state index contributed by atoms with van der Waals surface area (Å²) in [5.74, 6) is -0.0204. The SMILES string of the molecule is COC(=O)C1CCCN(C(=O)/C=C/C(C)C)C1. The van der Waals surface area contributed by atoms with E-state index >= 15 is 0 Å². The number of methoxy groups -OCH3 is 1. The highest BCUT2D eigenvalue weighted by Gasteiger charge is 2.27. The Bertz CT molecular complexity index is 310. The van der Waals surface area contributed by atoms with E-state index in [4.69, 9.17) is 4.74 Å². The Hall–Kier alpha value is -1.32. The topological polar surface area (TPSA) is 46.6 Å². The molecule has 0 saturated carbocycles. The molecular formula is C13H21NO3. The van der Waals surface area contributed by atoms with E-state index < -0.39 is 0 Å². The molecule has 1 amide bonds. The van der Waals surface area contributed by atoms with Crippen LogP contribution in [0.3, 0.4) is 0 Å². The molecule has 0 aromatic rings. The molecule has 0 bridgehead atoms. The molecule has 0 aromatic carbocycles. The van der Waals surface area contributed by atoms with Crippen LogP contribution in [-0.2, 0) is 14.3 Å². The standard InChI is InChI=1S/C13H21NO3/c1-10(2)6-7-12(15)14-8-4-5-11(9-14)13(16)17-3/h6-7,10-11H,4-5,8-9H2,1-3H3/b7-6+. The molecule has 0 aliphatic carbocycles. The van der Waals surface area contributed by atoms with Gasteiger partial charge in [-0.2, -0.15) is 0 Å². The fraction of sp³-hybridized carbons (Fsp3) is 0.692. The van der Waals surface area contributed by atoms with Crippen LogP contribution < -0.4 is 0 Å². The molecule has 17 heavy (non-hydrogen) atoms. The number of carbonyl (C=O) groups excluding carboxylic acids is 2. The Morgan fingerprint density at radius 3 is 2.71 bits per heavy atom. The van der Waals surface area contributed by atoms with E-state index in [9.17, 15) is 9.59 Å². The Morgan fingerprint density at radius 2 is 2.12 bits per heavy atom. The molecule has 0 radical (unpaired) electrons. The third-order valence-corrected chi connectivity index (χ3v) is 2.89. The van der Waals surface area contributed by atoms with E-state index in [1.807, 2.05) is 19.9 Å². The van der Waals surface area contributed by atoms with Gasteiger partial charge < -0.3 is 9.64 Å². The van der Waals surface area contributed by atoms with Gasteiger partial charge in [0.05, 0.1) is 13.0 Å². The maximum Gasteiger partial charge on any atom is 0.310 e. The fourth-order valence-corrected chi connectivity index (χ4v) is 1.92. The molecule has 1 fully saturated rings. The van der Waals surface area contributed by atoms with Gasteiger partial charge in [0, 0.05) is 13.1 Å². The van der Waals surface area contributed by atoms with Crippen LogP contribution in [0, 0.1) is 11.8 Å². The van der Waals surface area contributed by atoms with Crippen LogP contribution in [-0.4, -0.2) is 37.0 Å². The van der Waals surface area contributed by atoms with Crippen molar-refractivity contribution >= 4 is 11.9 Å². The van der Waals surface area contributed by atoms with Gasteiger partial charge in [-0.15, -0.1) is 0 Å². The number of esters is 1. The summed E-state index contributed by atoms with van der Waals surface area (Å²) in [5.41, 5.74) is 0. The summed E-state index contributed by atoms with van der Waals surface area (Å²) in [7, 11) is 1.39. The molecule has 1 saturated heterocycles. The molecule has 0 N–H and O–H groups in total. The normalized spacial score (nSPS) is 20.9. The Balaban J connectivity index is 2.54. The van der Waals surface area contributed by atoms with Crippen molar-refractivity contribution in [2.24, 2.45) is 11.8 Å². The predicted octanol–water partition coefficient (Wildman–Crippen LogP) is 1.61. The molecule has 1 rings (SSSR count). The average Bonchev–Trinajstić information content (AvgIpc) is 2.35. The molecule has 1 unspecified atom stereocenters. The second-order valence-electron chi connectivity index (χ2n) is 4.75. The van der Waals surface area contributed by atoms with Gasteiger partial charge in [-0.1, -0.05) is 19.9 Å². The molecule has 4 nitrogen and oxygen atoms in total. The zero-order valence-electron chi connectivity index (χ0n) is 10.8. The fourth-order valence-electron chi connectivity index (χ4n) is 1.92. The summed E-state index contributed by atoms with van der Waals surface area (Å²) in [6.07, 6.45) is 5.15. The van der Waals surface area contributed by atoms with Gasteiger partial charge in [-0.25, -0.2) is 0 Å². The summed E-state index contributed by atoms with van der Waals surface area (Å²) in [5, 5.41) is 0. The molecule has 0 aromatic heterocycles. The van der Waals surface area contributed by atoms with Crippen molar-refractivity contribution in [1.82, 2.24) is 4.90 Å². The lowest BCUT2D eigenvalue weighted by molar-refractivity contribution is -0.148. The molecule has 1 aliphatic rings. The highest BCUT2D eigenvalue weighted by atomic mass is 16.5. The van der Waals surface area contributed by atoms with Crippen LogP contribution in [0.25, 0.3) is 0 Å². The van der Waals surface area contributed by atoms with Crippen molar-refractivity contribution in [3.05, 3.63) is 12.2 Å². The molecule has 0 spiro atoms.